The van der Waals surface area contributed by atoms with E-state index < -0.39 is 0 Å². The van der Waals surface area contributed by atoms with Crippen molar-refractivity contribution in [1.82, 2.24) is 20.9 Å². The molecule has 31 heavy (non-hydrogen) atoms. The normalized spacial score (nSPS) is 10.5. The van der Waals surface area contributed by atoms with E-state index in [4.69, 9.17) is 0 Å². The van der Waals surface area contributed by atoms with E-state index in [-0.39, 0.29) is 5.48 Å². The van der Waals surface area contributed by atoms with Gasteiger partial charge in [0.1, 0.15) is 6.29 Å². The summed E-state index contributed by atoms with van der Waals surface area (Å²) in [7, 11) is 0. The zero-order chi connectivity index (χ0) is 22.5. The van der Waals surface area contributed by atoms with Crippen LogP contribution >= 0.6 is 0 Å². The predicted octanol–water partition coefficient (Wildman–Crippen LogP) is 3.79. The Hall–Kier alpha value is -0.530. The molecule has 0 aliphatic rings. The fourth-order valence-electron chi connectivity index (χ4n) is 3.01. The van der Waals surface area contributed by atoms with Gasteiger partial charge in [0.25, 0.3) is 0 Å². The minimum absolute atomic E-state index is 0. The number of carbonyl (C=O) groups is 1. The fourth-order valence-corrected chi connectivity index (χ4v) is 3.01. The molecule has 0 rings (SSSR count). The summed E-state index contributed by atoms with van der Waals surface area (Å²) in [5.74, 6) is 0. The van der Waals surface area contributed by atoms with Crippen molar-refractivity contribution >= 4 is 6.29 Å². The molecule has 0 bridgehead atoms. The standard InChI is InChI=1S/C18H41N3.C7H15NO.H2O/c1-4-7-12-19-14-10-17-21(16-9-6-3)18-11-15-20-13-8-5-2;1-2-3-5-8-6-4-7-9;/h19-20H,4-18H2,1-3H3;7-8H,2-6H2,1H3;1H2. The first-order valence-electron chi connectivity index (χ1n) is 13.0. The van der Waals surface area contributed by atoms with Crippen LogP contribution in [-0.4, -0.2) is 75.6 Å². The third kappa shape index (κ3) is 34.3. The molecule has 6 heteroatoms. The molecule has 0 aromatic heterocycles. The quantitative estimate of drug-likeness (QED) is 0.164. The largest absolute Gasteiger partial charge is 0.412 e. The van der Waals surface area contributed by atoms with E-state index in [0.717, 1.165) is 19.4 Å². The Morgan fingerprint density at radius 3 is 1.29 bits per heavy atom. The number of nitrogens with zero attached hydrogens (tertiary/aromatic N) is 1. The van der Waals surface area contributed by atoms with Gasteiger partial charge in [-0.1, -0.05) is 53.4 Å². The number of hydrogen-bond donors (Lipinski definition) is 3. The summed E-state index contributed by atoms with van der Waals surface area (Å²) in [6.07, 6.45) is 14.4. The molecule has 0 saturated heterocycles. The van der Waals surface area contributed by atoms with E-state index in [1.165, 1.54) is 110 Å². The summed E-state index contributed by atoms with van der Waals surface area (Å²) < 4.78 is 0. The van der Waals surface area contributed by atoms with Gasteiger partial charge in [0.15, 0.2) is 0 Å². The molecule has 0 aliphatic heterocycles. The first-order valence-corrected chi connectivity index (χ1v) is 13.0. The highest BCUT2D eigenvalue weighted by atomic mass is 16.1. The van der Waals surface area contributed by atoms with Gasteiger partial charge in [0, 0.05) is 13.0 Å². The van der Waals surface area contributed by atoms with Crippen LogP contribution in [0.15, 0.2) is 0 Å². The lowest BCUT2D eigenvalue weighted by molar-refractivity contribution is -0.107. The van der Waals surface area contributed by atoms with Crippen molar-refractivity contribution in [3.8, 4) is 0 Å². The van der Waals surface area contributed by atoms with Crippen LogP contribution in [0, 0.1) is 0 Å². The molecular formula is C25H58N4O2. The summed E-state index contributed by atoms with van der Waals surface area (Å²) >= 11 is 0. The SMILES string of the molecule is CCCCNCCC=O.CCCCNCCCN(CCCC)CCCNCCCC.O. The van der Waals surface area contributed by atoms with E-state index in [1.807, 2.05) is 0 Å². The van der Waals surface area contributed by atoms with Gasteiger partial charge in [-0.2, -0.15) is 0 Å². The Morgan fingerprint density at radius 2 is 0.903 bits per heavy atom. The summed E-state index contributed by atoms with van der Waals surface area (Å²) in [4.78, 5) is 12.5. The minimum Gasteiger partial charge on any atom is -0.412 e. The van der Waals surface area contributed by atoms with Gasteiger partial charge >= 0.3 is 0 Å². The molecule has 0 atom stereocenters. The van der Waals surface area contributed by atoms with Crippen molar-refractivity contribution in [2.24, 2.45) is 0 Å². The maximum absolute atomic E-state index is 9.80. The maximum atomic E-state index is 9.80. The molecule has 190 valence electrons. The first-order chi connectivity index (χ1) is 14.8. The second kappa shape index (κ2) is 34.1. The Bertz CT molecular complexity index is 291. The van der Waals surface area contributed by atoms with E-state index in [1.54, 1.807) is 0 Å². The van der Waals surface area contributed by atoms with Crippen LogP contribution in [0.25, 0.3) is 0 Å². The number of aldehydes is 1. The van der Waals surface area contributed by atoms with Crippen molar-refractivity contribution < 1.29 is 10.3 Å². The summed E-state index contributed by atoms with van der Waals surface area (Å²) in [6, 6.07) is 0. The Morgan fingerprint density at radius 1 is 0.548 bits per heavy atom. The number of unbranched alkanes of at least 4 members (excludes halogenated alkanes) is 4. The molecule has 0 amide bonds. The van der Waals surface area contributed by atoms with Gasteiger partial charge in [-0.3, -0.25) is 0 Å². The van der Waals surface area contributed by atoms with Crippen molar-refractivity contribution in [1.29, 1.82) is 0 Å². The molecule has 0 radical (unpaired) electrons. The lowest BCUT2D eigenvalue weighted by Gasteiger charge is -2.22. The van der Waals surface area contributed by atoms with E-state index in [0.29, 0.717) is 6.42 Å². The molecule has 0 aliphatic carbocycles. The van der Waals surface area contributed by atoms with Crippen molar-refractivity contribution in [2.45, 2.75) is 98.3 Å². The van der Waals surface area contributed by atoms with Gasteiger partial charge in [0.2, 0.25) is 0 Å². The highest BCUT2D eigenvalue weighted by molar-refractivity contribution is 5.49. The molecule has 0 saturated carbocycles. The highest BCUT2D eigenvalue weighted by Crippen LogP contribution is 1.98. The lowest BCUT2D eigenvalue weighted by atomic mass is 10.2. The molecule has 6 nitrogen and oxygen atoms in total. The van der Waals surface area contributed by atoms with E-state index in [2.05, 4.69) is 48.5 Å². The smallest absolute Gasteiger partial charge is 0.121 e. The Labute approximate surface area is 195 Å². The molecule has 0 aromatic carbocycles. The molecule has 0 unspecified atom stereocenters. The van der Waals surface area contributed by atoms with Crippen molar-refractivity contribution in [2.75, 3.05) is 58.9 Å². The number of nitrogens with one attached hydrogen (secondary N) is 3. The van der Waals surface area contributed by atoms with Gasteiger partial charge in [-0.25, -0.2) is 0 Å². The van der Waals surface area contributed by atoms with E-state index >= 15 is 0 Å². The molecule has 0 fully saturated rings. The average Bonchev–Trinajstić information content (AvgIpc) is 2.76. The van der Waals surface area contributed by atoms with Crippen LogP contribution in [0.3, 0.4) is 0 Å². The Balaban J connectivity index is -0.000000662. The number of carbonyl (C=O) groups excluding carboxylic acids is 1. The summed E-state index contributed by atoms with van der Waals surface area (Å²) in [6.45, 7) is 19.4. The van der Waals surface area contributed by atoms with Crippen molar-refractivity contribution in [3.05, 3.63) is 0 Å². The monoisotopic (exact) mass is 446 g/mol. The van der Waals surface area contributed by atoms with E-state index in [9.17, 15) is 4.79 Å². The lowest BCUT2D eigenvalue weighted by Crippen LogP contribution is -2.31. The number of rotatable bonds is 23. The van der Waals surface area contributed by atoms with Gasteiger partial charge < -0.3 is 31.1 Å². The first kappa shape index (κ1) is 35.1. The molecule has 0 aromatic rings. The van der Waals surface area contributed by atoms with Crippen LogP contribution in [0.1, 0.15) is 98.3 Å². The van der Waals surface area contributed by atoms with Crippen LogP contribution < -0.4 is 16.0 Å². The average molecular weight is 447 g/mol. The minimum atomic E-state index is 0. The topological polar surface area (TPSA) is 87.9 Å². The molecule has 5 N–H and O–H groups in total. The van der Waals surface area contributed by atoms with Gasteiger partial charge in [0.05, 0.1) is 0 Å². The van der Waals surface area contributed by atoms with Crippen molar-refractivity contribution in [3.63, 3.8) is 0 Å². The maximum Gasteiger partial charge on any atom is 0.121 e. The van der Waals surface area contributed by atoms with Crippen LogP contribution in [0.5, 0.6) is 0 Å². The zero-order valence-corrected chi connectivity index (χ0v) is 21.6. The molecule has 0 heterocycles. The van der Waals surface area contributed by atoms with Gasteiger partial charge in [-0.15, -0.1) is 0 Å². The predicted molar refractivity (Wildman–Crippen MR) is 138 cm³/mol. The molecular weight excluding hydrogens is 388 g/mol. The zero-order valence-electron chi connectivity index (χ0n) is 21.6. The van der Waals surface area contributed by atoms with Crippen LogP contribution in [0.2, 0.25) is 0 Å². The number of hydrogen-bond acceptors (Lipinski definition) is 5. The highest BCUT2D eigenvalue weighted by Gasteiger charge is 2.03. The molecule has 0 spiro atoms. The summed E-state index contributed by atoms with van der Waals surface area (Å²) in [5, 5.41) is 10.3. The second-order valence-electron chi connectivity index (χ2n) is 8.17. The Kier molecular flexibility index (Phi) is 38.6. The summed E-state index contributed by atoms with van der Waals surface area (Å²) in [5.41, 5.74) is 0. The fraction of sp³-hybridized carbons (Fsp3) is 0.960. The second-order valence-corrected chi connectivity index (χ2v) is 8.17. The third-order valence-electron chi connectivity index (χ3n) is 5.04. The third-order valence-corrected chi connectivity index (χ3v) is 5.04. The van der Waals surface area contributed by atoms with Crippen LogP contribution in [-0.2, 0) is 4.79 Å². The van der Waals surface area contributed by atoms with Gasteiger partial charge in [-0.05, 0) is 90.9 Å². The van der Waals surface area contributed by atoms with Crippen LogP contribution in [0.4, 0.5) is 0 Å².